The fourth-order valence-corrected chi connectivity index (χ4v) is 1.16. The molecule has 16 heavy (non-hydrogen) atoms. The van der Waals surface area contributed by atoms with Crippen molar-refractivity contribution in [1.82, 2.24) is 5.01 Å². The molecular formula is C10H9N3O3. The van der Waals surface area contributed by atoms with E-state index in [1.807, 2.05) is 0 Å². The van der Waals surface area contributed by atoms with Gasteiger partial charge in [-0.25, -0.2) is 9.80 Å². The minimum atomic E-state index is -1.01. The van der Waals surface area contributed by atoms with Crippen LogP contribution < -0.4 is 0 Å². The van der Waals surface area contributed by atoms with Crippen LogP contribution in [0.15, 0.2) is 29.6 Å². The number of benzene rings is 1. The Bertz CT molecular complexity index is 422. The summed E-state index contributed by atoms with van der Waals surface area (Å²) in [5.74, 6) is -1.01. The van der Waals surface area contributed by atoms with Gasteiger partial charge >= 0.3 is 5.97 Å². The summed E-state index contributed by atoms with van der Waals surface area (Å²) in [5.41, 5.74) is 0.898. The zero-order valence-electron chi connectivity index (χ0n) is 8.33. The predicted molar refractivity (Wildman–Crippen MR) is 55.2 cm³/mol. The molecule has 0 radical (unpaired) electrons. The molecule has 0 fully saturated rings. The van der Waals surface area contributed by atoms with E-state index in [2.05, 4.69) is 5.29 Å². The molecule has 0 unspecified atom stereocenters. The summed E-state index contributed by atoms with van der Waals surface area (Å²) in [7, 11) is 0. The molecule has 0 bridgehead atoms. The topological polar surface area (TPSA) is 93.8 Å². The van der Waals surface area contributed by atoms with Gasteiger partial charge in [0, 0.05) is 0 Å². The number of carboxylic acid groups (broad SMARTS) is 1. The maximum atomic E-state index is 10.6. The van der Waals surface area contributed by atoms with Crippen LogP contribution in [0.1, 0.15) is 15.9 Å². The van der Waals surface area contributed by atoms with E-state index < -0.39 is 5.97 Å². The van der Waals surface area contributed by atoms with Crippen molar-refractivity contribution in [1.29, 1.82) is 5.26 Å². The molecule has 1 aromatic rings. The van der Waals surface area contributed by atoms with Crippen molar-refractivity contribution in [3.63, 3.8) is 0 Å². The number of nitroso groups, excluding NO2 is 1. The van der Waals surface area contributed by atoms with E-state index in [1.165, 1.54) is 12.1 Å². The molecule has 0 aliphatic carbocycles. The number of nitrogens with zero attached hydrogens (tertiary/aromatic N) is 3. The lowest BCUT2D eigenvalue weighted by atomic mass is 10.1. The van der Waals surface area contributed by atoms with Crippen LogP contribution in [0.5, 0.6) is 0 Å². The zero-order chi connectivity index (χ0) is 12.0. The zero-order valence-corrected chi connectivity index (χ0v) is 8.33. The van der Waals surface area contributed by atoms with Gasteiger partial charge in [0.2, 0.25) is 0 Å². The molecule has 1 aromatic carbocycles. The van der Waals surface area contributed by atoms with Crippen LogP contribution >= 0.6 is 0 Å². The van der Waals surface area contributed by atoms with Crippen molar-refractivity contribution in [2.75, 3.05) is 6.54 Å². The molecular weight excluding hydrogens is 210 g/mol. The fraction of sp³-hybridized carbons (Fsp3) is 0.200. The molecule has 0 saturated carbocycles. The monoisotopic (exact) mass is 219 g/mol. The Morgan fingerprint density at radius 1 is 1.44 bits per heavy atom. The first-order chi connectivity index (χ1) is 7.67. The highest BCUT2D eigenvalue weighted by molar-refractivity contribution is 5.87. The van der Waals surface area contributed by atoms with E-state index in [1.54, 1.807) is 18.2 Å². The fourth-order valence-electron chi connectivity index (χ4n) is 1.16. The Hall–Kier alpha value is -2.42. The van der Waals surface area contributed by atoms with Crippen LogP contribution in [0.3, 0.4) is 0 Å². The van der Waals surface area contributed by atoms with Crippen LogP contribution in [0, 0.1) is 16.2 Å². The third kappa shape index (κ3) is 3.06. The minimum absolute atomic E-state index is 0.0931. The molecule has 6 heteroatoms. The van der Waals surface area contributed by atoms with Crippen LogP contribution in [0.4, 0.5) is 0 Å². The van der Waals surface area contributed by atoms with E-state index in [0.29, 0.717) is 0 Å². The smallest absolute Gasteiger partial charge is 0.335 e. The molecule has 1 N–H and O–H groups in total. The third-order valence-electron chi connectivity index (χ3n) is 1.93. The summed E-state index contributed by atoms with van der Waals surface area (Å²) in [6.07, 6.45) is 0. The number of aromatic carboxylic acids is 1. The molecule has 0 heterocycles. The lowest BCUT2D eigenvalue weighted by Gasteiger charge is -2.10. The first kappa shape index (κ1) is 11.7. The summed E-state index contributed by atoms with van der Waals surface area (Å²) < 4.78 is 0. The average Bonchev–Trinajstić information content (AvgIpc) is 2.29. The van der Waals surface area contributed by atoms with E-state index in [0.717, 1.165) is 10.6 Å². The number of hydrogen-bond donors (Lipinski definition) is 1. The van der Waals surface area contributed by atoms with Crippen molar-refractivity contribution in [2.24, 2.45) is 5.29 Å². The standard InChI is InChI=1S/C10H9N3O3/c11-5-6-13(12-16)7-8-1-3-9(4-2-8)10(14)15/h1-4H,6-7H2,(H,14,15). The SMILES string of the molecule is N#CCN(Cc1ccc(C(=O)O)cc1)N=O. The largest absolute Gasteiger partial charge is 0.478 e. The van der Waals surface area contributed by atoms with Gasteiger partial charge in [-0.3, -0.25) is 0 Å². The Morgan fingerprint density at radius 2 is 2.06 bits per heavy atom. The Morgan fingerprint density at radius 3 is 2.50 bits per heavy atom. The summed E-state index contributed by atoms with van der Waals surface area (Å²) >= 11 is 0. The molecule has 0 atom stereocenters. The van der Waals surface area contributed by atoms with Gasteiger partial charge in [0.05, 0.1) is 23.5 Å². The number of rotatable bonds is 5. The van der Waals surface area contributed by atoms with Gasteiger partial charge in [-0.2, -0.15) is 5.26 Å². The number of carbonyl (C=O) groups is 1. The van der Waals surface area contributed by atoms with Crippen molar-refractivity contribution in [2.45, 2.75) is 6.54 Å². The lowest BCUT2D eigenvalue weighted by molar-refractivity contribution is 0.0697. The summed E-state index contributed by atoms with van der Waals surface area (Å²) in [4.78, 5) is 20.9. The van der Waals surface area contributed by atoms with Crippen LogP contribution in [0.2, 0.25) is 0 Å². The Balaban J connectivity index is 2.71. The van der Waals surface area contributed by atoms with Gasteiger partial charge in [-0.15, -0.1) is 4.91 Å². The van der Waals surface area contributed by atoms with Gasteiger partial charge in [0.1, 0.15) is 6.54 Å². The quantitative estimate of drug-likeness (QED) is 0.458. The molecule has 0 saturated heterocycles. The highest BCUT2D eigenvalue weighted by atomic mass is 16.4. The summed E-state index contributed by atoms with van der Waals surface area (Å²) in [5, 5.41) is 20.8. The summed E-state index contributed by atoms with van der Waals surface area (Å²) in [6, 6.07) is 7.85. The number of nitriles is 1. The molecule has 6 nitrogen and oxygen atoms in total. The first-order valence-electron chi connectivity index (χ1n) is 4.44. The highest BCUT2D eigenvalue weighted by Gasteiger charge is 2.05. The van der Waals surface area contributed by atoms with E-state index in [4.69, 9.17) is 10.4 Å². The second-order valence-corrected chi connectivity index (χ2v) is 3.06. The van der Waals surface area contributed by atoms with Crippen LogP contribution in [-0.2, 0) is 6.54 Å². The van der Waals surface area contributed by atoms with E-state index in [-0.39, 0.29) is 18.7 Å². The second kappa shape index (κ2) is 5.46. The van der Waals surface area contributed by atoms with Crippen molar-refractivity contribution < 1.29 is 9.90 Å². The highest BCUT2D eigenvalue weighted by Crippen LogP contribution is 2.07. The van der Waals surface area contributed by atoms with Crippen LogP contribution in [-0.4, -0.2) is 22.6 Å². The van der Waals surface area contributed by atoms with Crippen LogP contribution in [0.25, 0.3) is 0 Å². The molecule has 0 spiro atoms. The van der Waals surface area contributed by atoms with Crippen molar-refractivity contribution in [3.8, 4) is 6.07 Å². The average molecular weight is 219 g/mol. The van der Waals surface area contributed by atoms with Crippen molar-refractivity contribution in [3.05, 3.63) is 40.3 Å². The van der Waals surface area contributed by atoms with Gasteiger partial charge in [-0.1, -0.05) is 12.1 Å². The van der Waals surface area contributed by atoms with E-state index in [9.17, 15) is 9.70 Å². The minimum Gasteiger partial charge on any atom is -0.478 e. The summed E-state index contributed by atoms with van der Waals surface area (Å²) in [6.45, 7) is 0.0984. The lowest BCUT2D eigenvalue weighted by Crippen LogP contribution is -2.16. The predicted octanol–water partition coefficient (Wildman–Crippen LogP) is 1.39. The number of hydrogen-bond acceptors (Lipinski definition) is 4. The van der Waals surface area contributed by atoms with Gasteiger partial charge in [0.15, 0.2) is 0 Å². The molecule has 0 aliphatic rings. The Labute approximate surface area is 91.7 Å². The van der Waals surface area contributed by atoms with Gasteiger partial charge in [0.25, 0.3) is 0 Å². The van der Waals surface area contributed by atoms with Gasteiger partial charge in [-0.05, 0) is 17.7 Å². The molecule has 1 rings (SSSR count). The first-order valence-corrected chi connectivity index (χ1v) is 4.44. The Kier molecular flexibility index (Phi) is 3.98. The number of carboxylic acids is 1. The third-order valence-corrected chi connectivity index (χ3v) is 1.93. The van der Waals surface area contributed by atoms with Crippen molar-refractivity contribution >= 4 is 5.97 Å². The molecule has 0 aromatic heterocycles. The van der Waals surface area contributed by atoms with E-state index >= 15 is 0 Å². The van der Waals surface area contributed by atoms with Gasteiger partial charge < -0.3 is 5.11 Å². The molecule has 0 amide bonds. The molecule has 82 valence electrons. The second-order valence-electron chi connectivity index (χ2n) is 3.06. The molecule has 0 aliphatic heterocycles. The maximum absolute atomic E-state index is 10.6. The maximum Gasteiger partial charge on any atom is 0.335 e. The normalized spacial score (nSPS) is 9.19.